The fraction of sp³-hybridized carbons (Fsp3) is 0.476. The Kier molecular flexibility index (Phi) is 5.45. The van der Waals surface area contributed by atoms with Gasteiger partial charge in [0, 0.05) is 11.9 Å². The standard InChI is InChI=1S/C21H27N3O4/c1-5-11-23(14(3)17-12-15-9-7-8-10-16(15)28-17)18(25)13-24-19(26)21(4,6-2)22-20(24)27/h7-10,12,14H,5-6,11,13H2,1-4H3,(H,22,27). The van der Waals surface area contributed by atoms with Crippen molar-refractivity contribution in [2.24, 2.45) is 0 Å². The van der Waals surface area contributed by atoms with Crippen LogP contribution in [0.5, 0.6) is 0 Å². The Morgan fingerprint density at radius 3 is 2.61 bits per heavy atom. The third-order valence-electron chi connectivity index (χ3n) is 5.45. The number of benzene rings is 1. The quantitative estimate of drug-likeness (QED) is 0.740. The average molecular weight is 385 g/mol. The highest BCUT2D eigenvalue weighted by Crippen LogP contribution is 2.28. The monoisotopic (exact) mass is 385 g/mol. The van der Waals surface area contributed by atoms with Crippen LogP contribution in [0.1, 0.15) is 52.3 Å². The number of rotatable bonds is 7. The molecule has 4 amide bonds. The highest BCUT2D eigenvalue weighted by molar-refractivity contribution is 6.08. The van der Waals surface area contributed by atoms with E-state index in [1.54, 1.807) is 11.8 Å². The summed E-state index contributed by atoms with van der Waals surface area (Å²) in [6.45, 7) is 7.62. The number of para-hydroxylation sites is 1. The van der Waals surface area contributed by atoms with Crippen LogP contribution in [0.2, 0.25) is 0 Å². The zero-order valence-electron chi connectivity index (χ0n) is 16.8. The smallest absolute Gasteiger partial charge is 0.325 e. The molecule has 2 atom stereocenters. The summed E-state index contributed by atoms with van der Waals surface area (Å²) < 4.78 is 5.92. The molecule has 7 nitrogen and oxygen atoms in total. The van der Waals surface area contributed by atoms with E-state index in [0.29, 0.717) is 18.7 Å². The molecule has 1 saturated heterocycles. The molecule has 2 heterocycles. The molecule has 3 rings (SSSR count). The van der Waals surface area contributed by atoms with E-state index in [4.69, 9.17) is 4.42 Å². The van der Waals surface area contributed by atoms with Gasteiger partial charge in [-0.25, -0.2) is 4.79 Å². The van der Waals surface area contributed by atoms with Crippen LogP contribution in [0, 0.1) is 0 Å². The minimum absolute atomic E-state index is 0.273. The van der Waals surface area contributed by atoms with Crippen LogP contribution in [0.15, 0.2) is 34.7 Å². The lowest BCUT2D eigenvalue weighted by atomic mass is 9.99. The van der Waals surface area contributed by atoms with Gasteiger partial charge >= 0.3 is 6.03 Å². The average Bonchev–Trinajstić information content (AvgIpc) is 3.20. The van der Waals surface area contributed by atoms with Crippen molar-refractivity contribution in [3.05, 3.63) is 36.1 Å². The summed E-state index contributed by atoms with van der Waals surface area (Å²) in [5.74, 6) is 0.0402. The van der Waals surface area contributed by atoms with Gasteiger partial charge in [0.15, 0.2) is 0 Å². The number of nitrogens with one attached hydrogen (secondary N) is 1. The summed E-state index contributed by atoms with van der Waals surface area (Å²) in [6, 6.07) is 8.78. The first-order valence-electron chi connectivity index (χ1n) is 9.72. The maximum absolute atomic E-state index is 13.0. The van der Waals surface area contributed by atoms with E-state index in [0.717, 1.165) is 22.3 Å². The number of carbonyl (C=O) groups excluding carboxylic acids is 3. The zero-order valence-corrected chi connectivity index (χ0v) is 16.8. The number of carbonyl (C=O) groups is 3. The Bertz CT molecular complexity index is 873. The molecule has 0 spiro atoms. The second-order valence-corrected chi connectivity index (χ2v) is 7.46. The molecular weight excluding hydrogens is 358 g/mol. The predicted octanol–water partition coefficient (Wildman–Crippen LogP) is 3.45. The molecule has 1 aliphatic rings. The third kappa shape index (κ3) is 3.48. The van der Waals surface area contributed by atoms with Gasteiger partial charge < -0.3 is 14.6 Å². The van der Waals surface area contributed by atoms with Crippen molar-refractivity contribution in [3.63, 3.8) is 0 Å². The van der Waals surface area contributed by atoms with Gasteiger partial charge in [-0.1, -0.05) is 32.0 Å². The van der Waals surface area contributed by atoms with E-state index in [-0.39, 0.29) is 24.4 Å². The van der Waals surface area contributed by atoms with E-state index < -0.39 is 11.6 Å². The second kappa shape index (κ2) is 7.66. The second-order valence-electron chi connectivity index (χ2n) is 7.46. The predicted molar refractivity (Wildman–Crippen MR) is 106 cm³/mol. The topological polar surface area (TPSA) is 82.9 Å². The highest BCUT2D eigenvalue weighted by Gasteiger charge is 2.47. The Hall–Kier alpha value is -2.83. The van der Waals surface area contributed by atoms with Gasteiger partial charge in [0.25, 0.3) is 5.91 Å². The fourth-order valence-corrected chi connectivity index (χ4v) is 3.49. The van der Waals surface area contributed by atoms with Crippen LogP contribution in [0.25, 0.3) is 11.0 Å². The molecule has 1 N–H and O–H groups in total. The number of urea groups is 1. The molecule has 2 unspecified atom stereocenters. The van der Waals surface area contributed by atoms with Crippen LogP contribution < -0.4 is 5.32 Å². The summed E-state index contributed by atoms with van der Waals surface area (Å²) in [4.78, 5) is 40.5. The fourth-order valence-electron chi connectivity index (χ4n) is 3.49. The van der Waals surface area contributed by atoms with Crippen LogP contribution in [-0.2, 0) is 9.59 Å². The molecule has 0 bridgehead atoms. The summed E-state index contributed by atoms with van der Waals surface area (Å²) in [6.07, 6.45) is 1.22. The number of hydrogen-bond donors (Lipinski definition) is 1. The van der Waals surface area contributed by atoms with Crippen molar-refractivity contribution < 1.29 is 18.8 Å². The first-order valence-corrected chi connectivity index (χ1v) is 9.72. The lowest BCUT2D eigenvalue weighted by Gasteiger charge is -2.29. The van der Waals surface area contributed by atoms with E-state index >= 15 is 0 Å². The lowest BCUT2D eigenvalue weighted by molar-refractivity contribution is -0.140. The Balaban J connectivity index is 1.80. The van der Waals surface area contributed by atoms with Crippen LogP contribution >= 0.6 is 0 Å². The van der Waals surface area contributed by atoms with Crippen molar-refractivity contribution in [2.75, 3.05) is 13.1 Å². The first-order chi connectivity index (χ1) is 13.3. The molecule has 1 aromatic heterocycles. The summed E-state index contributed by atoms with van der Waals surface area (Å²) in [5, 5.41) is 3.66. The minimum Gasteiger partial charge on any atom is -0.459 e. The summed E-state index contributed by atoms with van der Waals surface area (Å²) in [5.41, 5.74) is -0.182. The van der Waals surface area contributed by atoms with Gasteiger partial charge in [-0.3, -0.25) is 14.5 Å². The van der Waals surface area contributed by atoms with Gasteiger partial charge in [-0.15, -0.1) is 0 Å². The van der Waals surface area contributed by atoms with Crippen molar-refractivity contribution >= 4 is 28.8 Å². The van der Waals surface area contributed by atoms with E-state index in [1.165, 1.54) is 0 Å². The molecule has 7 heteroatoms. The Morgan fingerprint density at radius 1 is 1.29 bits per heavy atom. The van der Waals surface area contributed by atoms with Gasteiger partial charge in [0.1, 0.15) is 23.4 Å². The zero-order chi connectivity index (χ0) is 20.5. The number of furan rings is 1. The number of amides is 4. The normalized spacial score (nSPS) is 20.5. The molecule has 0 aliphatic carbocycles. The number of hydrogen-bond acceptors (Lipinski definition) is 4. The first kappa shape index (κ1) is 19.9. The van der Waals surface area contributed by atoms with Crippen LogP contribution in [0.4, 0.5) is 4.79 Å². The molecule has 1 fully saturated rings. The van der Waals surface area contributed by atoms with Crippen molar-refractivity contribution in [2.45, 2.75) is 52.1 Å². The minimum atomic E-state index is -0.947. The Morgan fingerprint density at radius 2 is 2.00 bits per heavy atom. The third-order valence-corrected chi connectivity index (χ3v) is 5.45. The van der Waals surface area contributed by atoms with Crippen molar-refractivity contribution in [1.82, 2.24) is 15.1 Å². The number of fused-ring (bicyclic) bond motifs is 1. The van der Waals surface area contributed by atoms with Gasteiger partial charge in [0.2, 0.25) is 5.91 Å². The van der Waals surface area contributed by atoms with Crippen molar-refractivity contribution in [1.29, 1.82) is 0 Å². The van der Waals surface area contributed by atoms with E-state index in [2.05, 4.69) is 5.32 Å². The molecule has 28 heavy (non-hydrogen) atoms. The molecule has 0 saturated carbocycles. The lowest BCUT2D eigenvalue weighted by Crippen LogP contribution is -2.46. The maximum atomic E-state index is 13.0. The van der Waals surface area contributed by atoms with Gasteiger partial charge in [0.05, 0.1) is 6.04 Å². The highest BCUT2D eigenvalue weighted by atomic mass is 16.3. The van der Waals surface area contributed by atoms with E-state index in [1.807, 2.05) is 51.1 Å². The van der Waals surface area contributed by atoms with Crippen LogP contribution in [-0.4, -0.2) is 46.3 Å². The number of nitrogens with zero attached hydrogens (tertiary/aromatic N) is 2. The maximum Gasteiger partial charge on any atom is 0.325 e. The van der Waals surface area contributed by atoms with Crippen LogP contribution in [0.3, 0.4) is 0 Å². The number of imide groups is 1. The van der Waals surface area contributed by atoms with Gasteiger partial charge in [-0.05, 0) is 38.8 Å². The molecule has 2 aromatic rings. The summed E-state index contributed by atoms with van der Waals surface area (Å²) in [7, 11) is 0. The molecule has 150 valence electrons. The molecular formula is C21H27N3O4. The van der Waals surface area contributed by atoms with E-state index in [9.17, 15) is 14.4 Å². The Labute approximate surface area is 164 Å². The molecule has 1 aromatic carbocycles. The van der Waals surface area contributed by atoms with Crippen molar-refractivity contribution in [3.8, 4) is 0 Å². The molecule has 1 aliphatic heterocycles. The largest absolute Gasteiger partial charge is 0.459 e. The molecule has 0 radical (unpaired) electrons. The summed E-state index contributed by atoms with van der Waals surface area (Å²) >= 11 is 0. The SMILES string of the molecule is CCCN(C(=O)CN1C(=O)NC(C)(CC)C1=O)C(C)c1cc2ccccc2o1. The van der Waals surface area contributed by atoms with Gasteiger partial charge in [-0.2, -0.15) is 0 Å².